The van der Waals surface area contributed by atoms with Crippen LogP contribution < -0.4 is 15.1 Å². The molecular weight excluding hydrogens is 755 g/mol. The Hall–Kier alpha value is -0.380. The first-order valence-electron chi connectivity index (χ1n) is 8.85. The summed E-state index contributed by atoms with van der Waals surface area (Å²) >= 11 is 5.59. The molecule has 0 aliphatic carbocycles. The smallest absolute Gasteiger partial charge is 0.253 e. The monoisotopic (exact) mass is 777 g/mol. The number of carbonyl (C=O) groups excluding carboxylic acids is 3. The van der Waals surface area contributed by atoms with E-state index in [0.717, 1.165) is 9.80 Å². The van der Waals surface area contributed by atoms with Crippen LogP contribution in [0.15, 0.2) is 0 Å². The lowest BCUT2D eigenvalue weighted by Crippen LogP contribution is -2.40. The van der Waals surface area contributed by atoms with Gasteiger partial charge in [0.25, 0.3) is 17.7 Å². The summed E-state index contributed by atoms with van der Waals surface area (Å²) in [6.07, 6.45) is 0. The summed E-state index contributed by atoms with van der Waals surface area (Å²) in [5.41, 5.74) is 0.475. The third-order valence-electron chi connectivity index (χ3n) is 3.95. The molecule has 11 nitrogen and oxygen atoms in total. The van der Waals surface area contributed by atoms with Gasteiger partial charge in [0.05, 0.1) is 47.5 Å². The number of aliphatic hydroxyl groups excluding tert-OH is 5. The van der Waals surface area contributed by atoms with E-state index < -0.39 is 44.1 Å². The molecule has 0 aliphatic rings. The highest BCUT2D eigenvalue weighted by Gasteiger charge is 2.32. The Morgan fingerprint density at radius 3 is 1.45 bits per heavy atom. The molecule has 0 fully saturated rings. The average Bonchev–Trinajstić information content (AvgIpc) is 2.75. The van der Waals surface area contributed by atoms with Crippen molar-refractivity contribution in [3.05, 3.63) is 16.3 Å². The molecule has 174 valence electrons. The number of carbonyl (C=O) groups is 3. The normalized spacial score (nSPS) is 10.7. The number of anilines is 2. The zero-order chi connectivity index (χ0) is 23.7. The zero-order valence-electron chi connectivity index (χ0n) is 16.1. The Morgan fingerprint density at radius 1 is 0.710 bits per heavy atom. The van der Waals surface area contributed by atoms with Crippen molar-refractivity contribution in [3.8, 4) is 0 Å². The second kappa shape index (κ2) is 14.0. The highest BCUT2D eigenvalue weighted by atomic mass is 127. The Bertz CT molecular complexity index is 771. The topological polar surface area (TPSA) is 171 Å². The molecule has 0 heterocycles. The van der Waals surface area contributed by atoms with Crippen LogP contribution in [0.1, 0.15) is 10.4 Å². The first-order valence-corrected chi connectivity index (χ1v) is 12.1. The molecule has 0 unspecified atom stereocenters. The number of hydrogen-bond acceptors (Lipinski definition) is 8. The fourth-order valence-electron chi connectivity index (χ4n) is 2.66. The molecular formula is C17H22I3N3O8. The summed E-state index contributed by atoms with van der Waals surface area (Å²) in [7, 11) is 0. The fourth-order valence-corrected chi connectivity index (χ4v) is 7.48. The van der Waals surface area contributed by atoms with Gasteiger partial charge in [-0.2, -0.15) is 0 Å². The molecule has 1 aromatic rings. The second-order valence-corrected chi connectivity index (χ2v) is 9.08. The molecule has 0 spiro atoms. The Labute approximate surface area is 219 Å². The van der Waals surface area contributed by atoms with Gasteiger partial charge in [-0.3, -0.25) is 14.4 Å². The first-order chi connectivity index (χ1) is 14.7. The molecule has 0 saturated heterocycles. The van der Waals surface area contributed by atoms with Gasteiger partial charge in [-0.1, -0.05) is 0 Å². The molecule has 6 N–H and O–H groups in total. The van der Waals surface area contributed by atoms with E-state index in [-0.39, 0.29) is 43.2 Å². The van der Waals surface area contributed by atoms with Gasteiger partial charge in [0.2, 0.25) is 0 Å². The third kappa shape index (κ3) is 6.81. The second-order valence-electron chi connectivity index (χ2n) is 5.85. The largest absolute Gasteiger partial charge is 0.395 e. The van der Waals surface area contributed by atoms with Crippen LogP contribution in [0.25, 0.3) is 0 Å². The van der Waals surface area contributed by atoms with Crippen molar-refractivity contribution in [2.45, 2.75) is 0 Å². The Balaban J connectivity index is 3.98. The quantitative estimate of drug-likeness (QED) is 0.153. The van der Waals surface area contributed by atoms with Gasteiger partial charge in [-0.05, 0) is 67.8 Å². The molecule has 0 aromatic heterocycles. The van der Waals surface area contributed by atoms with Crippen molar-refractivity contribution in [1.29, 1.82) is 0 Å². The number of amides is 3. The van der Waals surface area contributed by atoms with Crippen molar-refractivity contribution in [3.63, 3.8) is 0 Å². The Kier molecular flexibility index (Phi) is 12.9. The molecule has 3 amide bonds. The summed E-state index contributed by atoms with van der Waals surface area (Å²) in [4.78, 5) is 39.9. The van der Waals surface area contributed by atoms with Crippen molar-refractivity contribution < 1.29 is 39.9 Å². The minimum absolute atomic E-state index is 0.0342. The predicted molar refractivity (Wildman–Crippen MR) is 137 cm³/mol. The SMILES string of the molecule is O=C(NCCO)c1c(I)c(N(CCO)C(=O)CO)c(I)c(N(CCO)C(=O)CO)c1I. The standard InChI is InChI=1S/C17H22I3N3O8/c18-12-11(17(31)21-1-4-24)13(19)16(23(3-6-26)10(30)8-28)14(20)15(12)22(2-5-25)9(29)7-27/h24-28H,1-8H2,(H,21,31). The van der Waals surface area contributed by atoms with Gasteiger partial charge in [0, 0.05) is 19.6 Å². The number of hydrogen-bond donors (Lipinski definition) is 6. The molecule has 0 radical (unpaired) electrons. The van der Waals surface area contributed by atoms with E-state index in [9.17, 15) is 34.8 Å². The van der Waals surface area contributed by atoms with Crippen LogP contribution in [0.4, 0.5) is 11.4 Å². The lowest BCUT2D eigenvalue weighted by molar-refractivity contribution is -0.122. The molecule has 1 rings (SSSR count). The van der Waals surface area contributed by atoms with E-state index in [0.29, 0.717) is 10.7 Å². The summed E-state index contributed by atoms with van der Waals surface area (Å²) in [5.74, 6) is -2.05. The van der Waals surface area contributed by atoms with Gasteiger partial charge >= 0.3 is 0 Å². The number of benzene rings is 1. The minimum Gasteiger partial charge on any atom is -0.395 e. The molecule has 0 saturated carbocycles. The van der Waals surface area contributed by atoms with Crippen molar-refractivity contribution in [2.75, 3.05) is 62.5 Å². The summed E-state index contributed by atoms with van der Waals surface area (Å²) in [6, 6.07) is 0. The zero-order valence-corrected chi connectivity index (χ0v) is 22.6. The third-order valence-corrected chi connectivity index (χ3v) is 7.08. The van der Waals surface area contributed by atoms with E-state index in [1.807, 2.05) is 67.8 Å². The average molecular weight is 777 g/mol. The van der Waals surface area contributed by atoms with E-state index >= 15 is 0 Å². The molecule has 1 aromatic carbocycles. The van der Waals surface area contributed by atoms with E-state index in [2.05, 4.69) is 5.32 Å². The number of halogens is 3. The van der Waals surface area contributed by atoms with Gasteiger partial charge in [-0.15, -0.1) is 0 Å². The number of rotatable bonds is 11. The van der Waals surface area contributed by atoms with Crippen LogP contribution in [0, 0.1) is 10.7 Å². The summed E-state index contributed by atoms with van der Waals surface area (Å²) in [6.45, 7) is -3.27. The summed E-state index contributed by atoms with van der Waals surface area (Å²) in [5, 5.41) is 49.2. The molecule has 0 atom stereocenters. The van der Waals surface area contributed by atoms with Crippen LogP contribution in [0.5, 0.6) is 0 Å². The van der Waals surface area contributed by atoms with Crippen LogP contribution >= 0.6 is 67.8 Å². The lowest BCUT2D eigenvalue weighted by Gasteiger charge is -2.31. The van der Waals surface area contributed by atoms with Crippen LogP contribution in [-0.4, -0.2) is 95.9 Å². The van der Waals surface area contributed by atoms with Crippen molar-refractivity contribution >= 4 is 96.9 Å². The molecule has 0 bridgehead atoms. The fraction of sp³-hybridized carbons (Fsp3) is 0.471. The lowest BCUT2D eigenvalue weighted by atomic mass is 10.1. The number of nitrogens with one attached hydrogen (secondary N) is 1. The maximum absolute atomic E-state index is 12.9. The van der Waals surface area contributed by atoms with E-state index in [1.54, 1.807) is 0 Å². The highest BCUT2D eigenvalue weighted by Crippen LogP contribution is 2.42. The van der Waals surface area contributed by atoms with Crippen LogP contribution in [-0.2, 0) is 9.59 Å². The van der Waals surface area contributed by atoms with Crippen molar-refractivity contribution in [1.82, 2.24) is 5.32 Å². The number of nitrogens with zero attached hydrogens (tertiary/aromatic N) is 2. The first kappa shape index (κ1) is 28.7. The van der Waals surface area contributed by atoms with Crippen LogP contribution in [0.3, 0.4) is 0 Å². The highest BCUT2D eigenvalue weighted by molar-refractivity contribution is 14.1. The summed E-state index contributed by atoms with van der Waals surface area (Å²) < 4.78 is 0.984. The Morgan fingerprint density at radius 2 is 1.13 bits per heavy atom. The van der Waals surface area contributed by atoms with Gasteiger partial charge in [0.1, 0.15) is 13.2 Å². The van der Waals surface area contributed by atoms with E-state index in [1.165, 1.54) is 0 Å². The maximum atomic E-state index is 12.9. The van der Waals surface area contributed by atoms with E-state index in [4.69, 9.17) is 5.11 Å². The maximum Gasteiger partial charge on any atom is 0.253 e. The molecule has 31 heavy (non-hydrogen) atoms. The van der Waals surface area contributed by atoms with Crippen molar-refractivity contribution in [2.24, 2.45) is 0 Å². The minimum atomic E-state index is -0.852. The molecule has 0 aliphatic heterocycles. The van der Waals surface area contributed by atoms with Gasteiger partial charge < -0.3 is 40.6 Å². The van der Waals surface area contributed by atoms with Gasteiger partial charge in [0.15, 0.2) is 0 Å². The molecule has 14 heteroatoms. The number of aliphatic hydroxyl groups is 5. The van der Waals surface area contributed by atoms with Gasteiger partial charge in [-0.25, -0.2) is 0 Å². The predicted octanol–water partition coefficient (Wildman–Crippen LogP) is -1.14. The van der Waals surface area contributed by atoms with Crippen LogP contribution in [0.2, 0.25) is 0 Å².